The van der Waals surface area contributed by atoms with Crippen LogP contribution in [-0.2, 0) is 9.59 Å². The summed E-state index contributed by atoms with van der Waals surface area (Å²) in [6.45, 7) is 5.54. The lowest BCUT2D eigenvalue weighted by molar-refractivity contribution is -0.125. The number of rotatable bonds is 8. The van der Waals surface area contributed by atoms with Crippen molar-refractivity contribution in [2.24, 2.45) is 0 Å². The fourth-order valence-electron chi connectivity index (χ4n) is 4.03. The van der Waals surface area contributed by atoms with Crippen LogP contribution < -0.4 is 10.2 Å². The predicted molar refractivity (Wildman–Crippen MR) is 144 cm³/mol. The zero-order valence-electron chi connectivity index (χ0n) is 19.8. The zero-order valence-corrected chi connectivity index (χ0v) is 20.6. The number of hydrogen-bond acceptors (Lipinski definition) is 3. The van der Waals surface area contributed by atoms with Crippen molar-refractivity contribution in [1.82, 2.24) is 10.3 Å². The summed E-state index contributed by atoms with van der Waals surface area (Å²) < 4.78 is 0. The molecule has 2 unspecified atom stereocenters. The van der Waals surface area contributed by atoms with Crippen LogP contribution >= 0.6 is 11.6 Å². The number of anilines is 1. The molecule has 0 radical (unpaired) electrons. The summed E-state index contributed by atoms with van der Waals surface area (Å²) >= 11 is 6.10. The summed E-state index contributed by atoms with van der Waals surface area (Å²) in [5.74, 6) is -0.932. The van der Waals surface area contributed by atoms with Crippen LogP contribution in [0.2, 0.25) is 0 Å². The van der Waals surface area contributed by atoms with E-state index in [2.05, 4.69) is 16.9 Å². The van der Waals surface area contributed by atoms with Gasteiger partial charge >= 0.3 is 0 Å². The van der Waals surface area contributed by atoms with Gasteiger partial charge in [-0.25, -0.2) is 0 Å². The fourth-order valence-corrected chi connectivity index (χ4v) is 4.12. The van der Waals surface area contributed by atoms with Crippen LogP contribution in [0.4, 0.5) is 5.69 Å². The number of amides is 2. The fraction of sp³-hybridized carbons (Fsp3) is 0.100. The van der Waals surface area contributed by atoms with E-state index < -0.39 is 11.9 Å². The molecule has 0 aliphatic heterocycles. The maximum Gasteiger partial charge on any atom is 0.270 e. The van der Waals surface area contributed by atoms with Gasteiger partial charge in [-0.05, 0) is 41.8 Å². The molecule has 0 saturated carbocycles. The Morgan fingerprint density at radius 3 is 2.00 bits per heavy atom. The lowest BCUT2D eigenvalue weighted by atomic mass is 10.0. The van der Waals surface area contributed by atoms with Gasteiger partial charge in [-0.15, -0.1) is 0 Å². The van der Waals surface area contributed by atoms with Crippen molar-refractivity contribution in [2.75, 3.05) is 4.90 Å². The minimum atomic E-state index is -1.02. The maximum atomic E-state index is 13.8. The second-order valence-corrected chi connectivity index (χ2v) is 8.78. The summed E-state index contributed by atoms with van der Waals surface area (Å²) in [5, 5.41) is 2.85. The Balaban J connectivity index is 1.74. The standard InChI is InChI=1S/C30H26ClN3O2/c1-21(31)30(36)34(27-17-15-25(16-18-27)24-12-7-4-8-13-24)28(26-14-9-19-32-20-26)29(35)33-22(2)23-10-5-3-6-11-23/h3-20,22,28H,1H2,2H3,(H,33,35). The Morgan fingerprint density at radius 1 is 0.833 bits per heavy atom. The van der Waals surface area contributed by atoms with Crippen LogP contribution in [0.3, 0.4) is 0 Å². The highest BCUT2D eigenvalue weighted by Gasteiger charge is 2.34. The highest BCUT2D eigenvalue weighted by Crippen LogP contribution is 2.32. The van der Waals surface area contributed by atoms with E-state index in [1.165, 1.54) is 4.90 Å². The van der Waals surface area contributed by atoms with E-state index in [4.69, 9.17) is 11.6 Å². The molecule has 2 amide bonds. The van der Waals surface area contributed by atoms with Gasteiger partial charge in [0.2, 0.25) is 5.91 Å². The third-order valence-electron chi connectivity index (χ3n) is 5.87. The van der Waals surface area contributed by atoms with Gasteiger partial charge in [-0.3, -0.25) is 19.5 Å². The quantitative estimate of drug-likeness (QED) is 0.285. The Bertz CT molecular complexity index is 1330. The van der Waals surface area contributed by atoms with Crippen LogP contribution in [0.15, 0.2) is 121 Å². The first-order chi connectivity index (χ1) is 17.5. The van der Waals surface area contributed by atoms with Crippen molar-refractivity contribution in [2.45, 2.75) is 19.0 Å². The monoisotopic (exact) mass is 495 g/mol. The average molecular weight is 496 g/mol. The Hall–Kier alpha value is -4.22. The molecule has 4 aromatic rings. The van der Waals surface area contributed by atoms with Gasteiger partial charge in [0.15, 0.2) is 0 Å². The van der Waals surface area contributed by atoms with E-state index in [1.807, 2.05) is 79.7 Å². The summed E-state index contributed by atoms with van der Waals surface area (Å²) in [7, 11) is 0. The molecule has 0 aliphatic carbocycles. The number of carbonyl (C=O) groups excluding carboxylic acids is 2. The second-order valence-electron chi connectivity index (χ2n) is 8.32. The first-order valence-corrected chi connectivity index (χ1v) is 11.9. The van der Waals surface area contributed by atoms with Gasteiger partial charge in [0.1, 0.15) is 6.04 Å². The first kappa shape index (κ1) is 24.9. The largest absolute Gasteiger partial charge is 0.347 e. The first-order valence-electron chi connectivity index (χ1n) is 11.5. The normalized spacial score (nSPS) is 12.3. The highest BCUT2D eigenvalue weighted by atomic mass is 35.5. The van der Waals surface area contributed by atoms with Crippen LogP contribution in [0, 0.1) is 0 Å². The maximum absolute atomic E-state index is 13.8. The number of hydrogen-bond donors (Lipinski definition) is 1. The molecule has 0 fully saturated rings. The number of aromatic nitrogens is 1. The molecule has 2 atom stereocenters. The van der Waals surface area contributed by atoms with Gasteiger partial charge < -0.3 is 5.32 Å². The second kappa shape index (κ2) is 11.5. The SMILES string of the molecule is C=C(Cl)C(=O)N(c1ccc(-c2ccccc2)cc1)C(C(=O)NC(C)c1ccccc1)c1cccnc1. The van der Waals surface area contributed by atoms with Crippen LogP contribution in [0.25, 0.3) is 11.1 Å². The zero-order chi connectivity index (χ0) is 25.5. The van der Waals surface area contributed by atoms with Crippen molar-refractivity contribution in [3.63, 3.8) is 0 Å². The van der Waals surface area contributed by atoms with E-state index in [0.717, 1.165) is 16.7 Å². The number of pyridine rings is 1. The van der Waals surface area contributed by atoms with Crippen LogP contribution in [-0.4, -0.2) is 16.8 Å². The van der Waals surface area contributed by atoms with Gasteiger partial charge in [0.05, 0.1) is 11.1 Å². The summed E-state index contributed by atoms with van der Waals surface area (Å²) in [5.41, 5.74) is 4.03. The molecule has 6 heteroatoms. The number of nitrogens with one attached hydrogen (secondary N) is 1. The van der Waals surface area contributed by atoms with Crippen molar-refractivity contribution in [1.29, 1.82) is 0 Å². The van der Waals surface area contributed by atoms with Gasteiger partial charge in [0, 0.05) is 23.6 Å². The number of halogens is 1. The molecule has 0 saturated heterocycles. The van der Waals surface area contributed by atoms with E-state index in [0.29, 0.717) is 11.3 Å². The molecule has 0 bridgehead atoms. The highest BCUT2D eigenvalue weighted by molar-refractivity contribution is 6.44. The molecular weight excluding hydrogens is 470 g/mol. The molecule has 0 aliphatic rings. The minimum Gasteiger partial charge on any atom is -0.347 e. The van der Waals surface area contributed by atoms with Crippen molar-refractivity contribution >= 4 is 29.1 Å². The Kier molecular flexibility index (Phi) is 7.93. The third-order valence-corrected chi connectivity index (χ3v) is 6.03. The van der Waals surface area contributed by atoms with Gasteiger partial charge in [0.25, 0.3) is 5.91 Å². The molecule has 4 rings (SSSR count). The smallest absolute Gasteiger partial charge is 0.270 e. The molecule has 1 heterocycles. The molecule has 180 valence electrons. The molecule has 1 aromatic heterocycles. The van der Waals surface area contributed by atoms with Crippen LogP contribution in [0.1, 0.15) is 30.1 Å². The number of nitrogens with zero attached hydrogens (tertiary/aromatic N) is 2. The number of carbonyl (C=O) groups is 2. The summed E-state index contributed by atoms with van der Waals surface area (Å²) in [6, 6.07) is 29.2. The van der Waals surface area contributed by atoms with Crippen molar-refractivity contribution in [3.05, 3.63) is 132 Å². The van der Waals surface area contributed by atoms with E-state index in [-0.39, 0.29) is 17.0 Å². The van der Waals surface area contributed by atoms with E-state index in [9.17, 15) is 9.59 Å². The van der Waals surface area contributed by atoms with Gasteiger partial charge in [-0.1, -0.05) is 97.0 Å². The predicted octanol–water partition coefficient (Wildman–Crippen LogP) is 6.45. The van der Waals surface area contributed by atoms with E-state index >= 15 is 0 Å². The summed E-state index contributed by atoms with van der Waals surface area (Å²) in [6.07, 6.45) is 3.19. The average Bonchev–Trinajstić information content (AvgIpc) is 2.92. The minimum absolute atomic E-state index is 0.195. The molecule has 1 N–H and O–H groups in total. The lowest BCUT2D eigenvalue weighted by Gasteiger charge is -2.32. The van der Waals surface area contributed by atoms with Crippen LogP contribution in [0.5, 0.6) is 0 Å². The lowest BCUT2D eigenvalue weighted by Crippen LogP contribution is -2.44. The molecule has 36 heavy (non-hydrogen) atoms. The molecule has 5 nitrogen and oxygen atoms in total. The van der Waals surface area contributed by atoms with E-state index in [1.54, 1.807) is 36.7 Å². The van der Waals surface area contributed by atoms with Crippen molar-refractivity contribution in [3.8, 4) is 11.1 Å². The molecular formula is C30H26ClN3O2. The Labute approximate surface area is 216 Å². The number of benzene rings is 3. The molecule has 3 aromatic carbocycles. The summed E-state index contributed by atoms with van der Waals surface area (Å²) in [4.78, 5) is 32.7. The van der Waals surface area contributed by atoms with Crippen molar-refractivity contribution < 1.29 is 9.59 Å². The van der Waals surface area contributed by atoms with Gasteiger partial charge in [-0.2, -0.15) is 0 Å². The third kappa shape index (κ3) is 5.70. The molecule has 0 spiro atoms. The Morgan fingerprint density at radius 2 is 1.42 bits per heavy atom. The topological polar surface area (TPSA) is 62.3 Å².